The normalized spacial score (nSPS) is 14.8. The van der Waals surface area contributed by atoms with Crippen molar-refractivity contribution in [1.82, 2.24) is 0 Å². The van der Waals surface area contributed by atoms with Crippen LogP contribution < -0.4 is 0 Å². The van der Waals surface area contributed by atoms with Crippen LogP contribution >= 0.6 is 15.6 Å². The SMILES string of the molecule is CC/C=C\C/C=C\C/C=C\C/C=C\C/C=C\C/C=C\CCC(=O)OCC(COP(=O)(O)OCC(O)COP(=O)(O)OCC(COC(=O)CCCCCC/C=C\C/C=C\C/C=C\C/C=C\CC)OC(=O)CCCCCCC/C=C\C/C=C\CCC)OC(=O)CCCCCCC/C=C\C/C=C\CCCCC. The highest BCUT2D eigenvalue weighted by Gasteiger charge is 2.30. The lowest BCUT2D eigenvalue weighted by molar-refractivity contribution is -0.161. The van der Waals surface area contributed by atoms with Gasteiger partial charge in [-0.15, -0.1) is 0 Å². The minimum atomic E-state index is -5.01. The van der Waals surface area contributed by atoms with Gasteiger partial charge < -0.3 is 33.8 Å². The van der Waals surface area contributed by atoms with E-state index in [-0.39, 0.29) is 25.7 Å². The quantitative estimate of drug-likeness (QED) is 0.0169. The third-order valence-electron chi connectivity index (χ3n) is 15.6. The third kappa shape index (κ3) is 74.7. The minimum absolute atomic E-state index is 0.0270. The van der Waals surface area contributed by atoms with Gasteiger partial charge in [-0.1, -0.05) is 268 Å². The topological polar surface area (TPSA) is 237 Å². The first-order valence-corrected chi connectivity index (χ1v) is 42.4. The van der Waals surface area contributed by atoms with Gasteiger partial charge in [0.15, 0.2) is 12.2 Å². The molecule has 104 heavy (non-hydrogen) atoms. The summed E-state index contributed by atoms with van der Waals surface area (Å²) in [4.78, 5) is 73.0. The molecule has 3 N–H and O–H groups in total. The summed E-state index contributed by atoms with van der Waals surface area (Å²) in [5.41, 5.74) is 0. The van der Waals surface area contributed by atoms with Crippen LogP contribution in [-0.2, 0) is 65.4 Å². The summed E-state index contributed by atoms with van der Waals surface area (Å²) >= 11 is 0. The molecular formula is C85H138O17P2. The van der Waals surface area contributed by atoms with E-state index >= 15 is 0 Å². The Balaban J connectivity index is 5.47. The maximum atomic E-state index is 13.1. The van der Waals surface area contributed by atoms with E-state index in [0.29, 0.717) is 32.1 Å². The van der Waals surface area contributed by atoms with Crippen LogP contribution in [0, 0.1) is 0 Å². The number of hydrogen-bond acceptors (Lipinski definition) is 15. The van der Waals surface area contributed by atoms with Crippen molar-refractivity contribution in [2.24, 2.45) is 0 Å². The van der Waals surface area contributed by atoms with Crippen LogP contribution in [0.1, 0.15) is 285 Å². The van der Waals surface area contributed by atoms with Gasteiger partial charge in [-0.2, -0.15) is 0 Å². The van der Waals surface area contributed by atoms with E-state index in [9.17, 15) is 43.2 Å². The predicted molar refractivity (Wildman–Crippen MR) is 426 cm³/mol. The molecule has 0 heterocycles. The Morgan fingerprint density at radius 3 is 0.865 bits per heavy atom. The summed E-state index contributed by atoms with van der Waals surface area (Å²) in [6, 6.07) is 0. The van der Waals surface area contributed by atoms with Crippen molar-refractivity contribution in [3.63, 3.8) is 0 Å². The Kier molecular flexibility index (Phi) is 71.6. The number of unbranched alkanes of at least 4 members (excludes halogenated alkanes) is 18. The van der Waals surface area contributed by atoms with Crippen molar-refractivity contribution < 1.29 is 80.2 Å². The van der Waals surface area contributed by atoms with Crippen molar-refractivity contribution in [1.29, 1.82) is 0 Å². The van der Waals surface area contributed by atoms with Gasteiger partial charge >= 0.3 is 39.5 Å². The van der Waals surface area contributed by atoms with E-state index in [1.807, 2.05) is 18.2 Å². The fourth-order valence-corrected chi connectivity index (χ4v) is 11.3. The van der Waals surface area contributed by atoms with Crippen LogP contribution in [0.5, 0.6) is 0 Å². The summed E-state index contributed by atoms with van der Waals surface area (Å²) in [5.74, 6) is -2.34. The second-order valence-electron chi connectivity index (χ2n) is 25.5. The summed E-state index contributed by atoms with van der Waals surface area (Å²) in [5, 5.41) is 10.6. The van der Waals surface area contributed by atoms with E-state index in [2.05, 4.69) is 180 Å². The zero-order chi connectivity index (χ0) is 76.0. The van der Waals surface area contributed by atoms with Crippen molar-refractivity contribution in [3.05, 3.63) is 170 Å². The van der Waals surface area contributed by atoms with Crippen LogP contribution in [0.25, 0.3) is 0 Å². The highest BCUT2D eigenvalue weighted by Crippen LogP contribution is 2.45. The molecule has 0 aromatic rings. The van der Waals surface area contributed by atoms with Crippen molar-refractivity contribution in [3.8, 4) is 0 Å². The molecule has 0 fully saturated rings. The summed E-state index contributed by atoms with van der Waals surface area (Å²) in [6.45, 7) is 4.39. The zero-order valence-corrected chi connectivity index (χ0v) is 66.2. The smallest absolute Gasteiger partial charge is 0.462 e. The Hall–Kier alpha value is -5.58. The number of carbonyl (C=O) groups is 4. The Labute approximate surface area is 629 Å². The van der Waals surface area contributed by atoms with Crippen molar-refractivity contribution >= 4 is 39.5 Å². The highest BCUT2D eigenvalue weighted by atomic mass is 31.2. The molecule has 0 aliphatic carbocycles. The summed E-state index contributed by atoms with van der Waals surface area (Å²) in [7, 11) is -10.0. The molecule has 0 rings (SSSR count). The fraction of sp³-hybridized carbons (Fsp3) is 0.624. The number of hydrogen-bond donors (Lipinski definition) is 3. The molecule has 19 heteroatoms. The van der Waals surface area contributed by atoms with E-state index < -0.39 is 97.5 Å². The van der Waals surface area contributed by atoms with Crippen molar-refractivity contribution in [2.45, 2.75) is 303 Å². The lowest BCUT2D eigenvalue weighted by atomic mass is 10.1. The first-order chi connectivity index (χ1) is 50.7. The van der Waals surface area contributed by atoms with E-state index in [1.54, 1.807) is 0 Å². The number of aliphatic hydroxyl groups excluding tert-OH is 1. The number of phosphoric acid groups is 2. The van der Waals surface area contributed by atoms with Gasteiger partial charge in [0.2, 0.25) is 0 Å². The highest BCUT2D eigenvalue weighted by molar-refractivity contribution is 7.47. The molecule has 0 aromatic heterocycles. The number of allylic oxidation sites excluding steroid dienone is 28. The molecule has 0 spiro atoms. The molecule has 0 saturated heterocycles. The average Bonchev–Trinajstić information content (AvgIpc) is 0.911. The van der Waals surface area contributed by atoms with Gasteiger partial charge in [0.05, 0.1) is 26.4 Å². The Morgan fingerprint density at radius 2 is 0.538 bits per heavy atom. The molecule has 17 nitrogen and oxygen atoms in total. The number of phosphoric ester groups is 2. The van der Waals surface area contributed by atoms with Crippen LogP contribution in [-0.4, -0.2) is 96.7 Å². The molecule has 0 aromatic carbocycles. The minimum Gasteiger partial charge on any atom is -0.462 e. The molecule has 0 aliphatic rings. The van der Waals surface area contributed by atoms with Gasteiger partial charge in [-0.25, -0.2) is 9.13 Å². The largest absolute Gasteiger partial charge is 0.472 e. The number of ether oxygens (including phenoxy) is 4. The number of carbonyl (C=O) groups excluding carboxylic acids is 4. The molecule has 0 aliphatic heterocycles. The number of rotatable bonds is 72. The fourth-order valence-electron chi connectivity index (χ4n) is 9.72. The van der Waals surface area contributed by atoms with Crippen LogP contribution in [0.2, 0.25) is 0 Å². The van der Waals surface area contributed by atoms with Crippen LogP contribution in [0.4, 0.5) is 0 Å². The predicted octanol–water partition coefficient (Wildman–Crippen LogP) is 23.0. The standard InChI is InChI=1S/C85H138O17P2/c1-5-9-13-17-21-25-29-33-36-38-39-41-44-47-50-54-58-62-66-70-83(88)96-76-81(102-85(90)72-68-64-60-56-52-48-42-35-31-27-23-19-15-11-7-3)78-100-104(93,94)98-74-79(86)73-97-103(91,92)99-77-80(101-84(89)71-67-63-59-55-51-45-32-28-24-20-16-12-8-4)75-95-82(87)69-65-61-57-53-49-46-43-40-37-34-30-26-22-18-14-10-6-2/h9-10,13-14,16,20-23,25-28,32-37,39,41-43,46-47,50,58,62,79-81,86H,5-8,11-12,15,17-19,24,29-31,38,40,44-45,48-49,51-57,59-61,63-78H2,1-4H3,(H,91,92)(H,93,94)/b13-9-,14-10-,20-16-,25-21-,26-22-,27-23-,32-28-,36-33-,37-34-,41-39-,42-35-,46-43-,50-47-,62-58-. The maximum absolute atomic E-state index is 13.1. The third-order valence-corrected chi connectivity index (χ3v) is 17.5. The molecule has 0 bridgehead atoms. The summed E-state index contributed by atoms with van der Waals surface area (Å²) in [6.07, 6.45) is 89.2. The van der Waals surface area contributed by atoms with Gasteiger partial charge in [0.25, 0.3) is 0 Å². The van der Waals surface area contributed by atoms with Crippen molar-refractivity contribution in [2.75, 3.05) is 39.6 Å². The Morgan fingerprint density at radius 1 is 0.279 bits per heavy atom. The monoisotopic (exact) mass is 1490 g/mol. The van der Waals surface area contributed by atoms with E-state index in [0.717, 1.165) is 180 Å². The maximum Gasteiger partial charge on any atom is 0.472 e. The van der Waals surface area contributed by atoms with E-state index in [4.69, 9.17) is 37.0 Å². The molecule has 0 radical (unpaired) electrons. The average molecular weight is 1490 g/mol. The lowest BCUT2D eigenvalue weighted by Gasteiger charge is -2.21. The first-order valence-electron chi connectivity index (χ1n) is 39.4. The second-order valence-corrected chi connectivity index (χ2v) is 28.4. The first kappa shape index (κ1) is 98.4. The molecule has 590 valence electrons. The van der Waals surface area contributed by atoms with Crippen LogP contribution in [0.3, 0.4) is 0 Å². The number of aliphatic hydroxyl groups is 1. The Bertz CT molecular complexity index is 2640. The van der Waals surface area contributed by atoms with Gasteiger partial charge in [0, 0.05) is 25.7 Å². The van der Waals surface area contributed by atoms with Gasteiger partial charge in [-0.3, -0.25) is 37.3 Å². The zero-order valence-electron chi connectivity index (χ0n) is 64.4. The van der Waals surface area contributed by atoms with E-state index in [1.165, 1.54) is 19.3 Å². The number of esters is 4. The second kappa shape index (κ2) is 75.6. The van der Waals surface area contributed by atoms with Gasteiger partial charge in [0.1, 0.15) is 19.3 Å². The molecule has 0 saturated carbocycles. The molecule has 0 amide bonds. The summed E-state index contributed by atoms with van der Waals surface area (Å²) < 4.78 is 68.4. The molecule has 5 atom stereocenters. The lowest BCUT2D eigenvalue weighted by Crippen LogP contribution is -2.30. The molecule has 5 unspecified atom stereocenters. The van der Waals surface area contributed by atoms with Crippen LogP contribution in [0.15, 0.2) is 170 Å². The molecular weight excluding hydrogens is 1350 g/mol. The van der Waals surface area contributed by atoms with Gasteiger partial charge in [-0.05, 0) is 161 Å².